The van der Waals surface area contributed by atoms with Gasteiger partial charge in [0, 0.05) is 26.1 Å². The number of aryl methyl sites for hydroxylation is 1. The molecule has 1 saturated heterocycles. The Labute approximate surface area is 156 Å². The van der Waals surface area contributed by atoms with Gasteiger partial charge in [0.1, 0.15) is 0 Å². The second-order valence-corrected chi connectivity index (χ2v) is 6.40. The van der Waals surface area contributed by atoms with Gasteiger partial charge in [0.05, 0.1) is 30.1 Å². The third kappa shape index (κ3) is 3.73. The van der Waals surface area contributed by atoms with Gasteiger partial charge in [0.2, 0.25) is 5.91 Å². The zero-order valence-corrected chi connectivity index (χ0v) is 14.9. The molecule has 1 N–H and O–H groups in total. The van der Waals surface area contributed by atoms with Gasteiger partial charge in [0.25, 0.3) is 0 Å². The van der Waals surface area contributed by atoms with E-state index in [9.17, 15) is 9.59 Å². The van der Waals surface area contributed by atoms with E-state index < -0.39 is 5.76 Å². The van der Waals surface area contributed by atoms with Crippen LogP contribution >= 0.6 is 0 Å². The molecule has 1 fully saturated rings. The van der Waals surface area contributed by atoms with Crippen molar-refractivity contribution in [3.8, 4) is 0 Å². The lowest BCUT2D eigenvalue weighted by atomic mass is 10.2. The predicted octanol–water partition coefficient (Wildman–Crippen LogP) is 2.46. The first-order chi connectivity index (χ1) is 13.2. The molecule has 0 atom stereocenters. The summed E-state index contributed by atoms with van der Waals surface area (Å²) in [6.07, 6.45) is 0.181. The van der Waals surface area contributed by atoms with E-state index >= 15 is 0 Å². The predicted molar refractivity (Wildman–Crippen MR) is 103 cm³/mol. The van der Waals surface area contributed by atoms with Gasteiger partial charge >= 0.3 is 5.76 Å². The summed E-state index contributed by atoms with van der Waals surface area (Å²) >= 11 is 0. The number of ether oxygens (including phenoxy) is 1. The van der Waals surface area contributed by atoms with Crippen molar-refractivity contribution in [3.05, 3.63) is 59.1 Å². The average molecular weight is 367 g/mol. The number of carbonyl (C=O) groups is 1. The van der Waals surface area contributed by atoms with E-state index in [-0.39, 0.29) is 18.9 Å². The number of para-hydroxylation sites is 4. The quantitative estimate of drug-likeness (QED) is 0.750. The molecule has 1 amide bonds. The molecule has 7 nitrogen and oxygen atoms in total. The van der Waals surface area contributed by atoms with Crippen molar-refractivity contribution >= 4 is 28.4 Å². The number of amides is 1. The van der Waals surface area contributed by atoms with Gasteiger partial charge < -0.3 is 19.4 Å². The van der Waals surface area contributed by atoms with Gasteiger partial charge in [-0.15, -0.1) is 0 Å². The molecule has 2 aromatic carbocycles. The molecule has 1 aliphatic heterocycles. The zero-order valence-electron chi connectivity index (χ0n) is 14.9. The SMILES string of the molecule is O=C(CCn1c(=O)oc2ccccc21)Nc1ccccc1N1CCOCC1. The maximum Gasteiger partial charge on any atom is 0.419 e. The smallest absolute Gasteiger partial charge is 0.408 e. The lowest BCUT2D eigenvalue weighted by molar-refractivity contribution is -0.116. The first-order valence-corrected chi connectivity index (χ1v) is 9.02. The molecule has 0 unspecified atom stereocenters. The summed E-state index contributed by atoms with van der Waals surface area (Å²) in [7, 11) is 0. The van der Waals surface area contributed by atoms with Crippen molar-refractivity contribution in [2.45, 2.75) is 13.0 Å². The zero-order chi connectivity index (χ0) is 18.6. The summed E-state index contributed by atoms with van der Waals surface area (Å²) in [4.78, 5) is 26.7. The maximum absolute atomic E-state index is 12.5. The Bertz CT molecular complexity index is 1000. The Morgan fingerprint density at radius 2 is 1.78 bits per heavy atom. The molecule has 7 heteroatoms. The minimum Gasteiger partial charge on any atom is -0.408 e. The molecule has 0 saturated carbocycles. The third-order valence-corrected chi connectivity index (χ3v) is 4.67. The molecular formula is C20H21N3O4. The van der Waals surface area contributed by atoms with Crippen LogP contribution in [0.1, 0.15) is 6.42 Å². The largest absolute Gasteiger partial charge is 0.419 e. The molecular weight excluding hydrogens is 346 g/mol. The number of hydrogen-bond acceptors (Lipinski definition) is 5. The number of benzene rings is 2. The number of nitrogens with zero attached hydrogens (tertiary/aromatic N) is 2. The number of anilines is 2. The molecule has 140 valence electrons. The minimum atomic E-state index is -0.447. The minimum absolute atomic E-state index is 0.145. The summed E-state index contributed by atoms with van der Waals surface area (Å²) in [5.74, 6) is -0.592. The fourth-order valence-corrected chi connectivity index (χ4v) is 3.31. The fourth-order valence-electron chi connectivity index (χ4n) is 3.31. The van der Waals surface area contributed by atoms with Crippen LogP contribution in [0, 0.1) is 0 Å². The monoisotopic (exact) mass is 367 g/mol. The van der Waals surface area contributed by atoms with E-state index in [1.54, 1.807) is 6.07 Å². The van der Waals surface area contributed by atoms with Gasteiger partial charge in [-0.3, -0.25) is 9.36 Å². The van der Waals surface area contributed by atoms with Crippen LogP contribution in [-0.2, 0) is 16.1 Å². The van der Waals surface area contributed by atoms with Crippen molar-refractivity contribution in [2.75, 3.05) is 36.5 Å². The Balaban J connectivity index is 1.45. The van der Waals surface area contributed by atoms with Crippen LogP contribution in [0.25, 0.3) is 11.1 Å². The highest BCUT2D eigenvalue weighted by molar-refractivity contribution is 5.94. The van der Waals surface area contributed by atoms with Gasteiger partial charge in [0.15, 0.2) is 5.58 Å². The summed E-state index contributed by atoms with van der Waals surface area (Å²) in [5, 5.41) is 2.97. The second kappa shape index (κ2) is 7.67. The lowest BCUT2D eigenvalue weighted by Gasteiger charge is -2.30. The van der Waals surface area contributed by atoms with Gasteiger partial charge in [-0.05, 0) is 24.3 Å². The van der Waals surface area contributed by atoms with Gasteiger partial charge in [-0.1, -0.05) is 24.3 Å². The first-order valence-electron chi connectivity index (χ1n) is 9.02. The van der Waals surface area contributed by atoms with Crippen LogP contribution in [0.2, 0.25) is 0 Å². The highest BCUT2D eigenvalue weighted by Gasteiger charge is 2.16. The standard InChI is InChI=1S/C20H21N3O4/c24-19(9-10-23-17-7-3-4-8-18(17)27-20(23)25)21-15-5-1-2-6-16(15)22-11-13-26-14-12-22/h1-8H,9-14H2,(H,21,24). The summed E-state index contributed by atoms with van der Waals surface area (Å²) in [5.41, 5.74) is 2.98. The number of carbonyl (C=O) groups excluding carboxylic acids is 1. The molecule has 3 aromatic rings. The molecule has 0 aliphatic carbocycles. The number of hydrogen-bond donors (Lipinski definition) is 1. The Morgan fingerprint density at radius 3 is 2.63 bits per heavy atom. The van der Waals surface area contributed by atoms with Crippen LogP contribution in [0.5, 0.6) is 0 Å². The molecule has 2 heterocycles. The van der Waals surface area contributed by atoms with E-state index in [2.05, 4.69) is 10.2 Å². The Morgan fingerprint density at radius 1 is 1.04 bits per heavy atom. The van der Waals surface area contributed by atoms with Crippen molar-refractivity contribution in [2.24, 2.45) is 0 Å². The van der Waals surface area contributed by atoms with Crippen LogP contribution in [0.15, 0.2) is 57.7 Å². The molecule has 1 aromatic heterocycles. The number of aromatic nitrogens is 1. The summed E-state index contributed by atoms with van der Waals surface area (Å²) in [6, 6.07) is 14.9. The van der Waals surface area contributed by atoms with Crippen LogP contribution in [0.3, 0.4) is 0 Å². The van der Waals surface area contributed by atoms with Crippen molar-refractivity contribution < 1.29 is 13.9 Å². The topological polar surface area (TPSA) is 76.7 Å². The molecule has 1 aliphatic rings. The highest BCUT2D eigenvalue weighted by atomic mass is 16.5. The molecule has 4 rings (SSSR count). The van der Waals surface area contributed by atoms with E-state index in [0.29, 0.717) is 24.3 Å². The highest BCUT2D eigenvalue weighted by Crippen LogP contribution is 2.26. The number of rotatable bonds is 5. The number of oxazole rings is 1. The van der Waals surface area contributed by atoms with E-state index in [0.717, 1.165) is 24.5 Å². The van der Waals surface area contributed by atoms with Gasteiger partial charge in [-0.2, -0.15) is 0 Å². The molecule has 0 spiro atoms. The van der Waals surface area contributed by atoms with E-state index in [4.69, 9.17) is 9.15 Å². The van der Waals surface area contributed by atoms with E-state index in [1.165, 1.54) is 4.57 Å². The van der Waals surface area contributed by atoms with Crippen molar-refractivity contribution in [3.63, 3.8) is 0 Å². The third-order valence-electron chi connectivity index (χ3n) is 4.67. The second-order valence-electron chi connectivity index (χ2n) is 6.40. The first kappa shape index (κ1) is 17.4. The Kier molecular flexibility index (Phi) is 4.93. The molecule has 0 bridgehead atoms. The molecule has 0 radical (unpaired) electrons. The maximum atomic E-state index is 12.5. The number of nitrogens with one attached hydrogen (secondary N) is 1. The average Bonchev–Trinajstić information content (AvgIpc) is 3.02. The Hall–Kier alpha value is -3.06. The summed E-state index contributed by atoms with van der Waals surface area (Å²) in [6.45, 7) is 3.21. The molecule has 27 heavy (non-hydrogen) atoms. The fraction of sp³-hybridized carbons (Fsp3) is 0.300. The van der Waals surface area contributed by atoms with Crippen molar-refractivity contribution in [1.82, 2.24) is 4.57 Å². The van der Waals surface area contributed by atoms with Crippen molar-refractivity contribution in [1.29, 1.82) is 0 Å². The van der Waals surface area contributed by atoms with Crippen LogP contribution in [-0.4, -0.2) is 36.8 Å². The summed E-state index contributed by atoms with van der Waals surface area (Å²) < 4.78 is 12.1. The number of morpholine rings is 1. The lowest BCUT2D eigenvalue weighted by Crippen LogP contribution is -2.36. The normalized spacial score (nSPS) is 14.4. The van der Waals surface area contributed by atoms with Gasteiger partial charge in [-0.25, -0.2) is 4.79 Å². The number of fused-ring (bicyclic) bond motifs is 1. The van der Waals surface area contributed by atoms with E-state index in [1.807, 2.05) is 42.5 Å². The van der Waals surface area contributed by atoms with Crippen LogP contribution in [0.4, 0.5) is 11.4 Å². The van der Waals surface area contributed by atoms with Crippen LogP contribution < -0.4 is 16.0 Å².